The van der Waals surface area contributed by atoms with Crippen LogP contribution in [-0.4, -0.2) is 36.0 Å². The summed E-state index contributed by atoms with van der Waals surface area (Å²) in [6.45, 7) is 0. The average Bonchev–Trinajstić information content (AvgIpc) is 2.86. The van der Waals surface area contributed by atoms with Gasteiger partial charge >= 0.3 is 0 Å². The van der Waals surface area contributed by atoms with Crippen LogP contribution in [0.3, 0.4) is 0 Å². The van der Waals surface area contributed by atoms with E-state index in [9.17, 15) is 24.2 Å². The number of ether oxygens (including phenoxy) is 2. The molecule has 6 nitrogen and oxygen atoms in total. The number of carbonyl (C=O) groups is 2. The van der Waals surface area contributed by atoms with Crippen molar-refractivity contribution in [3.8, 4) is 23.0 Å². The SMILES string of the molecule is COc1cc(/C=C/C(=O)C(Cc2ccccc2F)C(=O)/C=C/c2ccc(O)c(OC)c2)ccc1O. The second kappa shape index (κ2) is 11.7. The lowest BCUT2D eigenvalue weighted by molar-refractivity contribution is -0.127. The molecule has 0 saturated heterocycles. The molecule has 0 aliphatic heterocycles. The number of carbonyl (C=O) groups excluding carboxylic acids is 2. The number of aromatic hydroxyl groups is 2. The molecule has 3 rings (SSSR count). The van der Waals surface area contributed by atoms with Crippen molar-refractivity contribution < 1.29 is 33.7 Å². The van der Waals surface area contributed by atoms with Gasteiger partial charge in [-0.25, -0.2) is 4.39 Å². The molecule has 0 fully saturated rings. The zero-order valence-corrected chi connectivity index (χ0v) is 19.3. The van der Waals surface area contributed by atoms with E-state index in [0.717, 1.165) is 0 Å². The maximum atomic E-state index is 14.3. The van der Waals surface area contributed by atoms with Crippen LogP contribution < -0.4 is 9.47 Å². The predicted molar refractivity (Wildman–Crippen MR) is 131 cm³/mol. The zero-order chi connectivity index (χ0) is 25.4. The molecule has 3 aromatic carbocycles. The fourth-order valence-electron chi connectivity index (χ4n) is 3.41. The minimum absolute atomic E-state index is 0.0421. The molecule has 0 spiro atoms. The summed E-state index contributed by atoms with van der Waals surface area (Å²) >= 11 is 0. The highest BCUT2D eigenvalue weighted by molar-refractivity contribution is 6.13. The average molecular weight is 477 g/mol. The molecule has 0 aromatic heterocycles. The first-order chi connectivity index (χ1) is 16.8. The van der Waals surface area contributed by atoms with Crippen LogP contribution >= 0.6 is 0 Å². The van der Waals surface area contributed by atoms with Gasteiger partial charge in [0.1, 0.15) is 5.82 Å². The van der Waals surface area contributed by atoms with Gasteiger partial charge in [-0.15, -0.1) is 0 Å². The van der Waals surface area contributed by atoms with Crippen molar-refractivity contribution in [2.75, 3.05) is 14.2 Å². The lowest BCUT2D eigenvalue weighted by atomic mass is 9.90. The molecule has 0 bridgehead atoms. The Labute approximate surface area is 202 Å². The van der Waals surface area contributed by atoms with Crippen molar-refractivity contribution in [1.82, 2.24) is 0 Å². The van der Waals surface area contributed by atoms with Crippen LogP contribution in [-0.2, 0) is 16.0 Å². The number of hydrogen-bond acceptors (Lipinski definition) is 6. The monoisotopic (exact) mass is 476 g/mol. The molecular formula is C28H25FO6. The van der Waals surface area contributed by atoms with Crippen molar-refractivity contribution in [1.29, 1.82) is 0 Å². The molecule has 3 aromatic rings. The van der Waals surface area contributed by atoms with E-state index >= 15 is 0 Å². The van der Waals surface area contributed by atoms with Crippen LogP contribution in [0.25, 0.3) is 12.2 Å². The van der Waals surface area contributed by atoms with Crippen molar-refractivity contribution in [2.45, 2.75) is 6.42 Å². The number of benzene rings is 3. The van der Waals surface area contributed by atoms with Gasteiger partial charge < -0.3 is 19.7 Å². The van der Waals surface area contributed by atoms with E-state index in [4.69, 9.17) is 9.47 Å². The minimum Gasteiger partial charge on any atom is -0.504 e. The Hall–Kier alpha value is -4.39. The van der Waals surface area contributed by atoms with E-state index in [1.54, 1.807) is 30.3 Å². The summed E-state index contributed by atoms with van der Waals surface area (Å²) in [5, 5.41) is 19.5. The van der Waals surface area contributed by atoms with Crippen molar-refractivity contribution in [2.24, 2.45) is 5.92 Å². The van der Waals surface area contributed by atoms with Crippen LogP contribution in [0.2, 0.25) is 0 Å². The lowest BCUT2D eigenvalue weighted by Crippen LogP contribution is -2.24. The molecule has 7 heteroatoms. The van der Waals surface area contributed by atoms with E-state index < -0.39 is 23.3 Å². The number of ketones is 2. The molecule has 180 valence electrons. The van der Waals surface area contributed by atoms with Gasteiger partial charge in [-0.1, -0.05) is 42.5 Å². The third-order valence-corrected chi connectivity index (χ3v) is 5.36. The molecule has 0 radical (unpaired) electrons. The first kappa shape index (κ1) is 25.2. The highest BCUT2D eigenvalue weighted by Gasteiger charge is 2.24. The third-order valence-electron chi connectivity index (χ3n) is 5.36. The second-order valence-electron chi connectivity index (χ2n) is 7.68. The normalized spacial score (nSPS) is 11.3. The quantitative estimate of drug-likeness (QED) is 0.317. The number of hydrogen-bond donors (Lipinski definition) is 2. The van der Waals surface area contributed by atoms with Gasteiger partial charge in [0.05, 0.1) is 20.1 Å². The summed E-state index contributed by atoms with van der Waals surface area (Å²) in [6.07, 6.45) is 5.40. The van der Waals surface area contributed by atoms with Gasteiger partial charge in [0.15, 0.2) is 34.6 Å². The Bertz CT molecular complexity index is 1200. The maximum absolute atomic E-state index is 14.3. The first-order valence-electron chi connectivity index (χ1n) is 10.7. The Balaban J connectivity index is 1.87. The van der Waals surface area contributed by atoms with Gasteiger partial charge in [-0.05, 0) is 65.6 Å². The Kier molecular flexibility index (Phi) is 8.40. The molecular weight excluding hydrogens is 451 g/mol. The minimum atomic E-state index is -1.16. The number of methoxy groups -OCH3 is 2. The van der Waals surface area contributed by atoms with Crippen LogP contribution in [0.15, 0.2) is 72.8 Å². The van der Waals surface area contributed by atoms with Crippen molar-refractivity contribution >= 4 is 23.7 Å². The lowest BCUT2D eigenvalue weighted by Gasteiger charge is -2.12. The van der Waals surface area contributed by atoms with E-state index in [2.05, 4.69) is 0 Å². The smallest absolute Gasteiger partial charge is 0.166 e. The van der Waals surface area contributed by atoms with Crippen molar-refractivity contribution in [3.05, 3.63) is 95.3 Å². The molecule has 2 N–H and O–H groups in total. The molecule has 0 saturated carbocycles. The predicted octanol–water partition coefficient (Wildman–Crippen LogP) is 4.98. The molecule has 35 heavy (non-hydrogen) atoms. The molecule has 0 aliphatic carbocycles. The van der Waals surface area contributed by atoms with E-state index in [0.29, 0.717) is 11.1 Å². The van der Waals surface area contributed by atoms with Crippen molar-refractivity contribution in [3.63, 3.8) is 0 Å². The topological polar surface area (TPSA) is 93.1 Å². The van der Waals surface area contributed by atoms with E-state index in [-0.39, 0.29) is 35.0 Å². The standard InChI is InChI=1S/C28H25FO6/c1-34-27-15-18(9-13-25(27)32)7-11-23(30)21(17-20-5-3-4-6-22(20)29)24(31)12-8-19-10-14-26(33)28(16-19)35-2/h3-16,21,32-33H,17H2,1-2H3/b11-7+,12-8+. The highest BCUT2D eigenvalue weighted by Crippen LogP contribution is 2.28. The van der Waals surface area contributed by atoms with E-state index in [1.807, 2.05) is 0 Å². The summed E-state index contributed by atoms with van der Waals surface area (Å²) in [7, 11) is 2.82. The second-order valence-corrected chi connectivity index (χ2v) is 7.68. The van der Waals surface area contributed by atoms with Gasteiger partial charge in [-0.2, -0.15) is 0 Å². The number of phenols is 2. The summed E-state index contributed by atoms with van der Waals surface area (Å²) in [5.41, 5.74) is 1.41. The maximum Gasteiger partial charge on any atom is 0.166 e. The largest absolute Gasteiger partial charge is 0.504 e. The van der Waals surface area contributed by atoms with Gasteiger partial charge in [0.2, 0.25) is 0 Å². The Morgan fingerprint density at radius 3 is 1.77 bits per heavy atom. The molecule has 0 amide bonds. The van der Waals surface area contributed by atoms with Crippen LogP contribution in [0, 0.1) is 11.7 Å². The molecule has 0 aliphatic rings. The summed E-state index contributed by atoms with van der Waals surface area (Å²) in [4.78, 5) is 26.1. The fourth-order valence-corrected chi connectivity index (χ4v) is 3.41. The van der Waals surface area contributed by atoms with Crippen LogP contribution in [0.4, 0.5) is 4.39 Å². The van der Waals surface area contributed by atoms with Gasteiger partial charge in [0.25, 0.3) is 0 Å². The Morgan fingerprint density at radius 2 is 1.31 bits per heavy atom. The molecule has 0 atom stereocenters. The molecule has 0 unspecified atom stereocenters. The Morgan fingerprint density at radius 1 is 0.829 bits per heavy atom. The number of halogens is 1. The zero-order valence-electron chi connectivity index (χ0n) is 19.3. The number of rotatable bonds is 10. The van der Waals surface area contributed by atoms with Gasteiger partial charge in [0, 0.05) is 0 Å². The third kappa shape index (κ3) is 6.57. The van der Waals surface area contributed by atoms with Gasteiger partial charge in [-0.3, -0.25) is 9.59 Å². The summed E-state index contributed by atoms with van der Waals surface area (Å²) < 4.78 is 24.4. The van der Waals surface area contributed by atoms with Crippen LogP contribution in [0.5, 0.6) is 23.0 Å². The number of phenolic OH excluding ortho intramolecular Hbond substituents is 2. The number of allylic oxidation sites excluding steroid dienone is 2. The summed E-state index contributed by atoms with van der Waals surface area (Å²) in [5.74, 6) is -2.26. The first-order valence-corrected chi connectivity index (χ1v) is 10.7. The molecule has 0 heterocycles. The van der Waals surface area contributed by atoms with E-state index in [1.165, 1.54) is 68.9 Å². The van der Waals surface area contributed by atoms with Crippen LogP contribution in [0.1, 0.15) is 16.7 Å². The summed E-state index contributed by atoms with van der Waals surface area (Å²) in [6, 6.07) is 15.1. The fraction of sp³-hybridized carbons (Fsp3) is 0.143. The highest BCUT2D eigenvalue weighted by atomic mass is 19.1.